The molecule has 0 aromatic rings. The van der Waals surface area contributed by atoms with E-state index in [-0.39, 0.29) is 17.9 Å². The normalized spacial score (nSPS) is 33.2. The van der Waals surface area contributed by atoms with Gasteiger partial charge in [-0.2, -0.15) is 0 Å². The number of carbonyl (C=O) groups excluding carboxylic acids is 1. The molecule has 0 aromatic heterocycles. The summed E-state index contributed by atoms with van der Waals surface area (Å²) in [4.78, 5) is 25.4. The Balaban J connectivity index is 2.03. The number of carboxylic acids is 1. The summed E-state index contributed by atoms with van der Waals surface area (Å²) in [5.41, 5.74) is 0. The lowest BCUT2D eigenvalue weighted by molar-refractivity contribution is -0.155. The predicted molar refractivity (Wildman–Crippen MR) is 65.1 cm³/mol. The van der Waals surface area contributed by atoms with Crippen LogP contribution in [0.2, 0.25) is 0 Å². The highest BCUT2D eigenvalue weighted by Gasteiger charge is 2.38. The van der Waals surface area contributed by atoms with Gasteiger partial charge < -0.3 is 14.7 Å². The maximum atomic E-state index is 12.4. The van der Waals surface area contributed by atoms with Gasteiger partial charge in [0, 0.05) is 13.1 Å². The number of aliphatic carboxylic acids is 1. The fourth-order valence-electron chi connectivity index (χ4n) is 2.98. The highest BCUT2D eigenvalue weighted by molar-refractivity contribution is 5.85. The fourth-order valence-corrected chi connectivity index (χ4v) is 2.98. The number of ether oxygens (including phenoxy) is 1. The van der Waals surface area contributed by atoms with E-state index < -0.39 is 11.9 Å². The van der Waals surface area contributed by atoms with Gasteiger partial charge in [-0.25, -0.2) is 0 Å². The van der Waals surface area contributed by atoms with Crippen molar-refractivity contribution in [3.63, 3.8) is 0 Å². The minimum atomic E-state index is -0.825. The first-order valence-corrected chi connectivity index (χ1v) is 6.73. The van der Waals surface area contributed by atoms with Crippen molar-refractivity contribution in [2.75, 3.05) is 19.7 Å². The molecule has 102 valence electrons. The Bertz CT molecular complexity index is 331. The zero-order valence-corrected chi connectivity index (χ0v) is 10.8. The maximum absolute atomic E-state index is 12.4. The van der Waals surface area contributed by atoms with E-state index in [0.717, 1.165) is 12.8 Å². The molecular formula is C13H21NO4. The first-order valence-electron chi connectivity index (χ1n) is 6.73. The van der Waals surface area contributed by atoms with Crippen molar-refractivity contribution in [2.45, 2.75) is 38.7 Å². The average molecular weight is 255 g/mol. The molecule has 1 aliphatic carbocycles. The summed E-state index contributed by atoms with van der Waals surface area (Å²) in [5, 5.41) is 9.21. The SMILES string of the molecule is CC1CN(C(=O)C2CCCCC2C(=O)O)CCO1. The zero-order valence-electron chi connectivity index (χ0n) is 10.8. The van der Waals surface area contributed by atoms with Crippen LogP contribution in [-0.4, -0.2) is 47.7 Å². The molecule has 1 saturated heterocycles. The number of amides is 1. The number of morpholine rings is 1. The second-order valence-corrected chi connectivity index (χ2v) is 5.30. The topological polar surface area (TPSA) is 66.8 Å². The molecule has 2 fully saturated rings. The first kappa shape index (κ1) is 13.3. The van der Waals surface area contributed by atoms with Crippen LogP contribution < -0.4 is 0 Å². The molecule has 0 aromatic carbocycles. The summed E-state index contributed by atoms with van der Waals surface area (Å²) >= 11 is 0. The smallest absolute Gasteiger partial charge is 0.307 e. The zero-order chi connectivity index (χ0) is 13.1. The molecule has 0 bridgehead atoms. The van der Waals surface area contributed by atoms with E-state index in [1.165, 1.54) is 0 Å². The number of carboxylic acid groups (broad SMARTS) is 1. The highest BCUT2D eigenvalue weighted by atomic mass is 16.5. The van der Waals surface area contributed by atoms with Gasteiger partial charge in [0.2, 0.25) is 5.91 Å². The van der Waals surface area contributed by atoms with Crippen LogP contribution in [0.15, 0.2) is 0 Å². The second kappa shape index (κ2) is 5.69. The fraction of sp³-hybridized carbons (Fsp3) is 0.846. The van der Waals surface area contributed by atoms with Gasteiger partial charge in [-0.1, -0.05) is 12.8 Å². The molecule has 1 saturated carbocycles. The molecule has 1 amide bonds. The Morgan fingerprint density at radius 3 is 2.50 bits per heavy atom. The minimum absolute atomic E-state index is 0.0113. The molecule has 0 spiro atoms. The third kappa shape index (κ3) is 2.83. The molecule has 1 heterocycles. The minimum Gasteiger partial charge on any atom is -0.481 e. The summed E-state index contributed by atoms with van der Waals surface area (Å²) in [7, 11) is 0. The average Bonchev–Trinajstić information content (AvgIpc) is 2.38. The molecule has 2 rings (SSSR count). The largest absolute Gasteiger partial charge is 0.481 e. The van der Waals surface area contributed by atoms with Crippen LogP contribution in [0.4, 0.5) is 0 Å². The van der Waals surface area contributed by atoms with Crippen LogP contribution in [0.3, 0.4) is 0 Å². The summed E-state index contributed by atoms with van der Waals surface area (Å²) in [6.07, 6.45) is 3.27. The number of rotatable bonds is 2. The lowest BCUT2D eigenvalue weighted by atomic mass is 9.78. The molecule has 18 heavy (non-hydrogen) atoms. The van der Waals surface area contributed by atoms with E-state index in [1.807, 2.05) is 6.92 Å². The molecule has 5 nitrogen and oxygen atoms in total. The summed E-state index contributed by atoms with van der Waals surface area (Å²) in [5.74, 6) is -1.64. The molecule has 0 radical (unpaired) electrons. The van der Waals surface area contributed by atoms with Gasteiger partial charge in [-0.05, 0) is 19.8 Å². The first-order chi connectivity index (χ1) is 8.59. The van der Waals surface area contributed by atoms with Crippen molar-refractivity contribution in [3.8, 4) is 0 Å². The highest BCUT2D eigenvalue weighted by Crippen LogP contribution is 2.32. The summed E-state index contributed by atoms with van der Waals surface area (Å²) < 4.78 is 5.41. The van der Waals surface area contributed by atoms with Crippen LogP contribution in [0.5, 0.6) is 0 Å². The van der Waals surface area contributed by atoms with Crippen molar-refractivity contribution < 1.29 is 19.4 Å². The van der Waals surface area contributed by atoms with Crippen LogP contribution in [0.25, 0.3) is 0 Å². The third-order valence-electron chi connectivity index (χ3n) is 3.95. The molecule has 1 N–H and O–H groups in total. The van der Waals surface area contributed by atoms with Crippen molar-refractivity contribution in [1.82, 2.24) is 4.90 Å². The Morgan fingerprint density at radius 2 is 1.89 bits per heavy atom. The Hall–Kier alpha value is -1.10. The Labute approximate surface area is 107 Å². The Morgan fingerprint density at radius 1 is 1.22 bits per heavy atom. The van der Waals surface area contributed by atoms with Crippen molar-refractivity contribution >= 4 is 11.9 Å². The lowest BCUT2D eigenvalue weighted by Crippen LogP contribution is -2.49. The molecule has 5 heteroatoms. The van der Waals surface area contributed by atoms with Gasteiger partial charge in [0.05, 0.1) is 24.5 Å². The quantitative estimate of drug-likeness (QED) is 0.803. The molecule has 3 atom stereocenters. The van der Waals surface area contributed by atoms with Crippen LogP contribution in [-0.2, 0) is 14.3 Å². The van der Waals surface area contributed by atoms with Gasteiger partial charge in [0.25, 0.3) is 0 Å². The molecule has 2 aliphatic rings. The number of nitrogens with zero attached hydrogens (tertiary/aromatic N) is 1. The van der Waals surface area contributed by atoms with Gasteiger partial charge >= 0.3 is 5.97 Å². The van der Waals surface area contributed by atoms with E-state index in [2.05, 4.69) is 0 Å². The van der Waals surface area contributed by atoms with Crippen molar-refractivity contribution in [3.05, 3.63) is 0 Å². The summed E-state index contributed by atoms with van der Waals surface area (Å²) in [6.45, 7) is 3.67. The lowest BCUT2D eigenvalue weighted by Gasteiger charge is -2.36. The van der Waals surface area contributed by atoms with E-state index in [1.54, 1.807) is 4.90 Å². The maximum Gasteiger partial charge on any atom is 0.307 e. The van der Waals surface area contributed by atoms with Gasteiger partial charge in [0.15, 0.2) is 0 Å². The van der Waals surface area contributed by atoms with Crippen LogP contribution in [0.1, 0.15) is 32.6 Å². The monoisotopic (exact) mass is 255 g/mol. The van der Waals surface area contributed by atoms with Gasteiger partial charge in [-0.3, -0.25) is 9.59 Å². The van der Waals surface area contributed by atoms with Crippen molar-refractivity contribution in [2.24, 2.45) is 11.8 Å². The number of hydrogen-bond acceptors (Lipinski definition) is 3. The predicted octanol–water partition coefficient (Wildman–Crippen LogP) is 1.12. The Kier molecular flexibility index (Phi) is 4.22. The molecular weight excluding hydrogens is 234 g/mol. The van der Waals surface area contributed by atoms with Gasteiger partial charge in [-0.15, -0.1) is 0 Å². The van der Waals surface area contributed by atoms with Crippen LogP contribution in [0, 0.1) is 11.8 Å². The second-order valence-electron chi connectivity index (χ2n) is 5.30. The van der Waals surface area contributed by atoms with E-state index in [9.17, 15) is 14.7 Å². The van der Waals surface area contributed by atoms with Gasteiger partial charge in [0.1, 0.15) is 0 Å². The van der Waals surface area contributed by atoms with Crippen molar-refractivity contribution in [1.29, 1.82) is 0 Å². The van der Waals surface area contributed by atoms with E-state index in [4.69, 9.17) is 4.74 Å². The summed E-state index contributed by atoms with van der Waals surface area (Å²) in [6, 6.07) is 0. The standard InChI is InChI=1S/C13H21NO4/c1-9-8-14(6-7-18-9)12(15)10-4-2-3-5-11(10)13(16)17/h9-11H,2-8H2,1H3,(H,16,17). The number of carbonyl (C=O) groups is 2. The van der Waals surface area contributed by atoms with E-state index >= 15 is 0 Å². The van der Waals surface area contributed by atoms with Crippen LogP contribution >= 0.6 is 0 Å². The molecule has 3 unspecified atom stereocenters. The number of hydrogen-bond donors (Lipinski definition) is 1. The van der Waals surface area contributed by atoms with E-state index in [0.29, 0.717) is 32.5 Å². The third-order valence-corrected chi connectivity index (χ3v) is 3.95. The molecule has 1 aliphatic heterocycles.